The molecule has 0 heterocycles. The molecule has 0 fully saturated rings. The van der Waals surface area contributed by atoms with Gasteiger partial charge < -0.3 is 15.2 Å². The molecule has 0 aliphatic heterocycles. The van der Waals surface area contributed by atoms with Gasteiger partial charge in [-0.05, 0) is 30.5 Å². The first-order valence-electron chi connectivity index (χ1n) is 6.23. The highest BCUT2D eigenvalue weighted by Crippen LogP contribution is 2.12. The molecule has 1 aromatic rings. The number of hydrogen-bond acceptors (Lipinski definition) is 3. The molecule has 1 amide bonds. The molecule has 0 atom stereocenters. The largest absolute Gasteiger partial charge is 0.497 e. The normalized spacial score (nSPS) is 9.95. The van der Waals surface area contributed by atoms with Gasteiger partial charge in [-0.15, -0.1) is 0 Å². The fourth-order valence-electron chi connectivity index (χ4n) is 1.63. The van der Waals surface area contributed by atoms with Gasteiger partial charge in [0.15, 0.2) is 0 Å². The van der Waals surface area contributed by atoms with E-state index in [0.29, 0.717) is 25.8 Å². The lowest BCUT2D eigenvalue weighted by atomic mass is 10.1. The molecule has 0 bridgehead atoms. The lowest BCUT2D eigenvalue weighted by Gasteiger charge is -2.06. The Hall–Kier alpha value is -2.04. The van der Waals surface area contributed by atoms with Gasteiger partial charge in [0.25, 0.3) is 0 Å². The van der Waals surface area contributed by atoms with Crippen LogP contribution < -0.4 is 10.1 Å². The van der Waals surface area contributed by atoms with E-state index in [1.54, 1.807) is 7.11 Å². The molecule has 2 N–H and O–H groups in total. The van der Waals surface area contributed by atoms with E-state index in [9.17, 15) is 9.59 Å². The molecule has 1 aromatic carbocycles. The monoisotopic (exact) mass is 265 g/mol. The first kappa shape index (κ1) is 15.0. The first-order chi connectivity index (χ1) is 9.11. The Balaban J connectivity index is 2.24. The lowest BCUT2D eigenvalue weighted by molar-refractivity contribution is -0.137. The molecule has 0 saturated heterocycles. The van der Waals surface area contributed by atoms with Crippen LogP contribution in [0, 0.1) is 0 Å². The van der Waals surface area contributed by atoms with Gasteiger partial charge in [-0.2, -0.15) is 0 Å². The van der Waals surface area contributed by atoms with Crippen molar-refractivity contribution < 1.29 is 19.4 Å². The predicted octanol–water partition coefficient (Wildman–Crippen LogP) is 1.96. The average molecular weight is 265 g/mol. The van der Waals surface area contributed by atoms with Gasteiger partial charge in [0.1, 0.15) is 5.75 Å². The lowest BCUT2D eigenvalue weighted by Crippen LogP contribution is -2.22. The van der Waals surface area contributed by atoms with E-state index in [-0.39, 0.29) is 12.3 Å². The summed E-state index contributed by atoms with van der Waals surface area (Å²) in [5, 5.41) is 11.3. The van der Waals surface area contributed by atoms with Crippen LogP contribution in [0.2, 0.25) is 0 Å². The summed E-state index contributed by atoms with van der Waals surface area (Å²) in [5.74, 6) is -0.127. The van der Waals surface area contributed by atoms with E-state index in [4.69, 9.17) is 9.84 Å². The number of carboxylic acid groups (broad SMARTS) is 1. The topological polar surface area (TPSA) is 75.6 Å². The van der Waals surface area contributed by atoms with Crippen LogP contribution >= 0.6 is 0 Å². The quantitative estimate of drug-likeness (QED) is 0.704. The Morgan fingerprint density at radius 1 is 1.26 bits per heavy atom. The summed E-state index contributed by atoms with van der Waals surface area (Å²) in [6, 6.07) is 7.49. The number of rotatable bonds is 8. The average Bonchev–Trinajstić information content (AvgIpc) is 2.41. The van der Waals surface area contributed by atoms with Crippen LogP contribution in [0.25, 0.3) is 0 Å². The second-order valence-corrected chi connectivity index (χ2v) is 4.23. The van der Waals surface area contributed by atoms with Crippen LogP contribution in [0.5, 0.6) is 5.75 Å². The minimum Gasteiger partial charge on any atom is -0.497 e. The van der Waals surface area contributed by atoms with Crippen molar-refractivity contribution >= 4 is 11.9 Å². The third kappa shape index (κ3) is 6.45. The first-order valence-corrected chi connectivity index (χ1v) is 6.23. The van der Waals surface area contributed by atoms with Crippen LogP contribution in [0.15, 0.2) is 24.3 Å². The zero-order chi connectivity index (χ0) is 14.1. The third-order valence-electron chi connectivity index (χ3n) is 2.67. The molecular weight excluding hydrogens is 246 g/mol. The highest BCUT2D eigenvalue weighted by Gasteiger charge is 2.03. The number of carboxylic acids is 1. The zero-order valence-electron chi connectivity index (χ0n) is 11.0. The van der Waals surface area contributed by atoms with Crippen molar-refractivity contribution in [3.05, 3.63) is 29.8 Å². The highest BCUT2D eigenvalue weighted by molar-refractivity contribution is 5.75. The SMILES string of the molecule is COc1cccc(CNC(=O)CCCCC(=O)O)c1. The van der Waals surface area contributed by atoms with Crippen LogP contribution in [0.1, 0.15) is 31.2 Å². The summed E-state index contributed by atoms with van der Waals surface area (Å²) in [5.41, 5.74) is 0.971. The van der Waals surface area contributed by atoms with Gasteiger partial charge in [0, 0.05) is 19.4 Å². The van der Waals surface area contributed by atoms with Crippen molar-refractivity contribution in [3.8, 4) is 5.75 Å². The minimum absolute atomic E-state index is 0.0618. The molecule has 5 nitrogen and oxygen atoms in total. The van der Waals surface area contributed by atoms with E-state index in [1.165, 1.54) is 0 Å². The molecule has 0 spiro atoms. The highest BCUT2D eigenvalue weighted by atomic mass is 16.5. The molecule has 1 rings (SSSR count). The third-order valence-corrected chi connectivity index (χ3v) is 2.67. The summed E-state index contributed by atoms with van der Waals surface area (Å²) < 4.78 is 5.10. The van der Waals surface area contributed by atoms with Gasteiger partial charge in [0.2, 0.25) is 5.91 Å². The smallest absolute Gasteiger partial charge is 0.303 e. The molecule has 0 aromatic heterocycles. The van der Waals surface area contributed by atoms with Crippen LogP contribution in [0.4, 0.5) is 0 Å². The fourth-order valence-corrected chi connectivity index (χ4v) is 1.63. The van der Waals surface area contributed by atoms with Crippen molar-refractivity contribution in [1.29, 1.82) is 0 Å². The summed E-state index contributed by atoms with van der Waals surface area (Å²) in [4.78, 5) is 21.8. The molecule has 0 saturated carbocycles. The van der Waals surface area contributed by atoms with E-state index in [2.05, 4.69) is 5.32 Å². The van der Waals surface area contributed by atoms with Gasteiger partial charge in [-0.1, -0.05) is 12.1 Å². The number of carbonyl (C=O) groups is 2. The molecule has 19 heavy (non-hydrogen) atoms. The number of amides is 1. The molecular formula is C14H19NO4. The summed E-state index contributed by atoms with van der Waals surface area (Å²) in [6.07, 6.45) is 1.60. The van der Waals surface area contributed by atoms with Crippen molar-refractivity contribution in [3.63, 3.8) is 0 Å². The van der Waals surface area contributed by atoms with Gasteiger partial charge in [0.05, 0.1) is 7.11 Å². The zero-order valence-corrected chi connectivity index (χ0v) is 11.0. The Kier molecular flexibility index (Phi) is 6.43. The molecule has 104 valence electrons. The molecule has 5 heteroatoms. The van der Waals surface area contributed by atoms with Crippen molar-refractivity contribution in [1.82, 2.24) is 5.32 Å². The van der Waals surface area contributed by atoms with Gasteiger partial charge >= 0.3 is 5.97 Å². The second-order valence-electron chi connectivity index (χ2n) is 4.23. The molecule has 0 radical (unpaired) electrons. The van der Waals surface area contributed by atoms with E-state index in [0.717, 1.165) is 11.3 Å². The van der Waals surface area contributed by atoms with Crippen LogP contribution in [-0.2, 0) is 16.1 Å². The number of aliphatic carboxylic acids is 1. The maximum atomic E-state index is 11.5. The van der Waals surface area contributed by atoms with E-state index < -0.39 is 5.97 Å². The number of hydrogen-bond donors (Lipinski definition) is 2. The Morgan fingerprint density at radius 3 is 2.68 bits per heavy atom. The number of carbonyl (C=O) groups excluding carboxylic acids is 1. The Labute approximate surface area is 112 Å². The van der Waals surface area contributed by atoms with Gasteiger partial charge in [-0.3, -0.25) is 9.59 Å². The molecule has 0 unspecified atom stereocenters. The maximum absolute atomic E-state index is 11.5. The predicted molar refractivity (Wildman–Crippen MR) is 70.9 cm³/mol. The van der Waals surface area contributed by atoms with Gasteiger partial charge in [-0.25, -0.2) is 0 Å². The number of ether oxygens (including phenoxy) is 1. The van der Waals surface area contributed by atoms with E-state index >= 15 is 0 Å². The van der Waals surface area contributed by atoms with Crippen molar-refractivity contribution in [2.24, 2.45) is 0 Å². The second kappa shape index (κ2) is 8.13. The minimum atomic E-state index is -0.822. The standard InChI is InChI=1S/C14H19NO4/c1-19-12-6-4-5-11(9-12)10-15-13(16)7-2-3-8-14(17)18/h4-6,9H,2-3,7-8,10H2,1H3,(H,15,16)(H,17,18). The molecule has 0 aliphatic carbocycles. The number of unbranched alkanes of at least 4 members (excludes halogenated alkanes) is 1. The molecule has 0 aliphatic rings. The maximum Gasteiger partial charge on any atom is 0.303 e. The van der Waals surface area contributed by atoms with Crippen molar-refractivity contribution in [2.75, 3.05) is 7.11 Å². The van der Waals surface area contributed by atoms with Crippen LogP contribution in [-0.4, -0.2) is 24.1 Å². The Bertz CT molecular complexity index is 431. The number of methoxy groups -OCH3 is 1. The fraction of sp³-hybridized carbons (Fsp3) is 0.429. The van der Waals surface area contributed by atoms with Crippen LogP contribution in [0.3, 0.4) is 0 Å². The summed E-state index contributed by atoms with van der Waals surface area (Å²) in [6.45, 7) is 0.453. The Morgan fingerprint density at radius 2 is 2.00 bits per heavy atom. The summed E-state index contributed by atoms with van der Waals surface area (Å²) in [7, 11) is 1.60. The number of nitrogens with one attached hydrogen (secondary N) is 1. The van der Waals surface area contributed by atoms with Crippen molar-refractivity contribution in [2.45, 2.75) is 32.2 Å². The van der Waals surface area contributed by atoms with E-state index in [1.807, 2.05) is 24.3 Å². The number of benzene rings is 1. The summed E-state index contributed by atoms with van der Waals surface area (Å²) >= 11 is 0.